The first kappa shape index (κ1) is 23.4. The Balaban J connectivity index is 1.53. The van der Waals surface area contributed by atoms with Crippen LogP contribution < -0.4 is 14.4 Å². The van der Waals surface area contributed by atoms with Gasteiger partial charge < -0.3 is 10.1 Å². The highest BCUT2D eigenvalue weighted by Gasteiger charge is 2.22. The van der Waals surface area contributed by atoms with Gasteiger partial charge in [-0.2, -0.15) is 0 Å². The van der Waals surface area contributed by atoms with E-state index < -0.39 is 15.9 Å². The summed E-state index contributed by atoms with van der Waals surface area (Å²) in [4.78, 5) is 12.9. The first-order valence-electron chi connectivity index (χ1n) is 10.3. The Labute approximate surface area is 203 Å². The summed E-state index contributed by atoms with van der Waals surface area (Å²) in [6, 6.07) is 28.7. The molecule has 6 nitrogen and oxygen atoms in total. The Bertz CT molecular complexity index is 1430. The van der Waals surface area contributed by atoms with Crippen molar-refractivity contribution in [3.63, 3.8) is 0 Å². The molecular weight excluding hydrogens is 472 g/mol. The van der Waals surface area contributed by atoms with E-state index in [0.29, 0.717) is 27.9 Å². The molecule has 172 valence electrons. The van der Waals surface area contributed by atoms with Gasteiger partial charge in [0.25, 0.3) is 15.9 Å². The van der Waals surface area contributed by atoms with Crippen molar-refractivity contribution in [2.45, 2.75) is 4.90 Å². The number of rotatable bonds is 7. The molecule has 4 rings (SSSR count). The van der Waals surface area contributed by atoms with Crippen molar-refractivity contribution in [3.8, 4) is 11.5 Å². The smallest absolute Gasteiger partial charge is 0.264 e. The van der Waals surface area contributed by atoms with Gasteiger partial charge in [-0.05, 0) is 60.7 Å². The summed E-state index contributed by atoms with van der Waals surface area (Å²) >= 11 is 6.00. The number of nitrogens with one attached hydrogen (secondary N) is 1. The van der Waals surface area contributed by atoms with Crippen LogP contribution >= 0.6 is 11.6 Å². The lowest BCUT2D eigenvalue weighted by Crippen LogP contribution is -2.26. The van der Waals surface area contributed by atoms with E-state index in [1.54, 1.807) is 54.6 Å². The van der Waals surface area contributed by atoms with Gasteiger partial charge in [0.15, 0.2) is 0 Å². The predicted octanol–water partition coefficient (Wildman–Crippen LogP) is 6.21. The number of hydrogen-bond donors (Lipinski definition) is 1. The Morgan fingerprint density at radius 3 is 2.29 bits per heavy atom. The third-order valence-electron chi connectivity index (χ3n) is 5.00. The van der Waals surface area contributed by atoms with Gasteiger partial charge in [-0.25, -0.2) is 8.42 Å². The third kappa shape index (κ3) is 5.39. The van der Waals surface area contributed by atoms with Crippen LogP contribution in [0.5, 0.6) is 11.5 Å². The van der Waals surface area contributed by atoms with E-state index in [-0.39, 0.29) is 10.5 Å². The maximum absolute atomic E-state index is 13.1. The highest BCUT2D eigenvalue weighted by molar-refractivity contribution is 7.92. The summed E-state index contributed by atoms with van der Waals surface area (Å²) < 4.78 is 33.2. The van der Waals surface area contributed by atoms with E-state index in [0.717, 1.165) is 4.31 Å². The molecule has 0 aromatic heterocycles. The second kappa shape index (κ2) is 9.99. The molecule has 0 saturated heterocycles. The second-order valence-electron chi connectivity index (χ2n) is 7.38. The van der Waals surface area contributed by atoms with Gasteiger partial charge in [0.1, 0.15) is 11.5 Å². The van der Waals surface area contributed by atoms with Crippen LogP contribution in [0.3, 0.4) is 0 Å². The molecule has 0 fully saturated rings. The summed E-state index contributed by atoms with van der Waals surface area (Å²) in [5.41, 5.74) is 1.13. The number of sulfonamides is 1. The quantitative estimate of drug-likeness (QED) is 0.333. The third-order valence-corrected chi connectivity index (χ3v) is 7.01. The molecular formula is C26H21ClN2O4S. The van der Waals surface area contributed by atoms with Gasteiger partial charge in [-0.15, -0.1) is 0 Å². The maximum Gasteiger partial charge on any atom is 0.264 e. The van der Waals surface area contributed by atoms with Crippen LogP contribution in [0.25, 0.3) is 0 Å². The Morgan fingerprint density at radius 1 is 0.824 bits per heavy atom. The Hall–Kier alpha value is -3.81. The average Bonchev–Trinajstić information content (AvgIpc) is 2.84. The fourth-order valence-corrected chi connectivity index (χ4v) is 4.65. The molecule has 0 heterocycles. The molecule has 0 spiro atoms. The zero-order chi connectivity index (χ0) is 24.1. The Morgan fingerprint density at radius 2 is 1.53 bits per heavy atom. The van der Waals surface area contributed by atoms with Gasteiger partial charge in [-0.3, -0.25) is 9.10 Å². The number of hydrogen-bond acceptors (Lipinski definition) is 4. The topological polar surface area (TPSA) is 75.7 Å². The predicted molar refractivity (Wildman–Crippen MR) is 134 cm³/mol. The molecule has 0 saturated carbocycles. The van der Waals surface area contributed by atoms with E-state index in [1.807, 2.05) is 30.3 Å². The summed E-state index contributed by atoms with van der Waals surface area (Å²) in [7, 11) is -2.47. The fourth-order valence-electron chi connectivity index (χ4n) is 3.23. The number of anilines is 2. The average molecular weight is 493 g/mol. The number of ether oxygens (including phenoxy) is 1. The number of amides is 1. The molecule has 0 unspecified atom stereocenters. The zero-order valence-electron chi connectivity index (χ0n) is 18.2. The first-order chi connectivity index (χ1) is 16.3. The van der Waals surface area contributed by atoms with Crippen LogP contribution in [-0.4, -0.2) is 21.4 Å². The minimum atomic E-state index is -3.90. The molecule has 4 aromatic rings. The van der Waals surface area contributed by atoms with Gasteiger partial charge in [0.2, 0.25) is 0 Å². The summed E-state index contributed by atoms with van der Waals surface area (Å²) in [5.74, 6) is 0.788. The van der Waals surface area contributed by atoms with Crippen molar-refractivity contribution in [2.75, 3.05) is 16.7 Å². The van der Waals surface area contributed by atoms with Gasteiger partial charge in [0, 0.05) is 29.4 Å². The molecule has 1 amide bonds. The van der Waals surface area contributed by atoms with Crippen molar-refractivity contribution >= 4 is 38.9 Å². The molecule has 0 aliphatic carbocycles. The summed E-state index contributed by atoms with van der Waals surface area (Å²) in [5, 5.41) is 3.21. The number of carbonyl (C=O) groups is 1. The van der Waals surface area contributed by atoms with Crippen LogP contribution in [0.1, 0.15) is 10.4 Å². The van der Waals surface area contributed by atoms with Crippen molar-refractivity contribution in [1.82, 2.24) is 0 Å². The minimum Gasteiger partial charge on any atom is -0.457 e. The van der Waals surface area contributed by atoms with E-state index in [4.69, 9.17) is 16.3 Å². The van der Waals surface area contributed by atoms with Crippen molar-refractivity contribution < 1.29 is 17.9 Å². The van der Waals surface area contributed by atoms with Gasteiger partial charge >= 0.3 is 0 Å². The van der Waals surface area contributed by atoms with E-state index in [1.165, 1.54) is 25.2 Å². The lowest BCUT2D eigenvalue weighted by molar-refractivity contribution is 0.102. The van der Waals surface area contributed by atoms with Crippen molar-refractivity contribution in [2.24, 2.45) is 0 Å². The number of carbonyl (C=O) groups excluding carboxylic acids is 1. The number of halogens is 1. The van der Waals surface area contributed by atoms with Crippen LogP contribution in [0.2, 0.25) is 5.02 Å². The molecule has 0 radical (unpaired) electrons. The number of para-hydroxylation sites is 1. The molecule has 8 heteroatoms. The summed E-state index contributed by atoms with van der Waals surface area (Å²) in [6.45, 7) is 0. The van der Waals surface area contributed by atoms with Crippen LogP contribution in [0.15, 0.2) is 108 Å². The first-order valence-corrected chi connectivity index (χ1v) is 12.1. The minimum absolute atomic E-state index is 0.0104. The molecule has 34 heavy (non-hydrogen) atoms. The number of nitrogens with zero attached hydrogens (tertiary/aromatic N) is 1. The largest absolute Gasteiger partial charge is 0.457 e. The van der Waals surface area contributed by atoms with Crippen molar-refractivity contribution in [3.05, 3.63) is 114 Å². The standard InChI is InChI=1S/C26H21ClN2O4S/c1-29(22-11-6-9-20(27)17-22)34(31,32)25-15-5-8-19(16-25)26(30)28-21-10-7-14-24(18-21)33-23-12-3-2-4-13-23/h2-18H,1H3,(H,28,30). The fraction of sp³-hybridized carbons (Fsp3) is 0.0385. The SMILES string of the molecule is CN(c1cccc(Cl)c1)S(=O)(=O)c1cccc(C(=O)Nc2cccc(Oc3ccccc3)c2)c1. The molecule has 4 aromatic carbocycles. The van der Waals surface area contributed by atoms with Crippen LogP contribution in [0.4, 0.5) is 11.4 Å². The monoisotopic (exact) mass is 492 g/mol. The highest BCUT2D eigenvalue weighted by atomic mass is 35.5. The molecule has 1 N–H and O–H groups in total. The number of benzene rings is 4. The highest BCUT2D eigenvalue weighted by Crippen LogP contribution is 2.26. The lowest BCUT2D eigenvalue weighted by atomic mass is 10.2. The van der Waals surface area contributed by atoms with Crippen LogP contribution in [0, 0.1) is 0 Å². The van der Waals surface area contributed by atoms with Crippen LogP contribution in [-0.2, 0) is 10.0 Å². The van der Waals surface area contributed by atoms with Gasteiger partial charge in [-0.1, -0.05) is 48.0 Å². The molecule has 0 aliphatic heterocycles. The second-order valence-corrected chi connectivity index (χ2v) is 9.78. The van der Waals surface area contributed by atoms with E-state index >= 15 is 0 Å². The molecule has 0 bridgehead atoms. The molecule has 0 atom stereocenters. The zero-order valence-corrected chi connectivity index (χ0v) is 19.8. The Kier molecular flexibility index (Phi) is 6.86. The maximum atomic E-state index is 13.1. The molecule has 0 aliphatic rings. The van der Waals surface area contributed by atoms with Gasteiger partial charge in [0.05, 0.1) is 10.6 Å². The summed E-state index contributed by atoms with van der Waals surface area (Å²) in [6.07, 6.45) is 0. The normalized spacial score (nSPS) is 11.0. The van der Waals surface area contributed by atoms with Crippen molar-refractivity contribution in [1.29, 1.82) is 0 Å². The van der Waals surface area contributed by atoms with E-state index in [9.17, 15) is 13.2 Å². The lowest BCUT2D eigenvalue weighted by Gasteiger charge is -2.20. The van der Waals surface area contributed by atoms with E-state index in [2.05, 4.69) is 5.32 Å².